The molecule has 1 aliphatic rings. The normalized spacial score (nSPS) is 16.7. The maximum Gasteiger partial charge on any atom is 0.344 e. The third-order valence-electron chi connectivity index (χ3n) is 5.67. The molecule has 0 spiro atoms. The number of amides is 1. The second-order valence-corrected chi connectivity index (χ2v) is 7.63. The molecule has 2 heterocycles. The number of nitrogens with one attached hydrogen (secondary N) is 1. The van der Waals surface area contributed by atoms with E-state index in [-0.39, 0.29) is 16.9 Å². The van der Waals surface area contributed by atoms with Crippen molar-refractivity contribution in [1.29, 1.82) is 0 Å². The molecule has 0 saturated heterocycles. The molecule has 2 atom stereocenters. The summed E-state index contributed by atoms with van der Waals surface area (Å²) in [6.07, 6.45) is -1.47. The van der Waals surface area contributed by atoms with Crippen LogP contribution in [0.1, 0.15) is 17.0 Å². The summed E-state index contributed by atoms with van der Waals surface area (Å²) in [7, 11) is 1.49. The molecule has 0 unspecified atom stereocenters. The van der Waals surface area contributed by atoms with Crippen molar-refractivity contribution in [3.63, 3.8) is 0 Å². The molecule has 5 rings (SSSR count). The van der Waals surface area contributed by atoms with Crippen LogP contribution in [0.2, 0.25) is 0 Å². The Balaban J connectivity index is 1.64. The Morgan fingerprint density at radius 2 is 1.71 bits per heavy atom. The number of fused-ring (bicyclic) bond motifs is 3. The van der Waals surface area contributed by atoms with Crippen LogP contribution in [0.15, 0.2) is 69.9 Å². The summed E-state index contributed by atoms with van der Waals surface area (Å²) in [5.41, 5.74) is -0.852. The highest BCUT2D eigenvalue weighted by atomic mass is 19.2. The fraction of sp³-hybridized carbons (Fsp3) is 0.120. The number of carbonyl (C=O) groups is 1. The number of ether oxygens (including phenoxy) is 2. The molecule has 4 aromatic rings. The lowest BCUT2D eigenvalue weighted by atomic mass is 9.87. The van der Waals surface area contributed by atoms with E-state index in [4.69, 9.17) is 13.9 Å². The minimum atomic E-state index is -1.72. The van der Waals surface area contributed by atoms with Crippen LogP contribution < -0.4 is 20.4 Å². The van der Waals surface area contributed by atoms with E-state index >= 15 is 0 Å². The maximum atomic E-state index is 14.9. The van der Waals surface area contributed by atoms with Gasteiger partial charge in [-0.15, -0.1) is 0 Å². The minimum absolute atomic E-state index is 0.0239. The summed E-state index contributed by atoms with van der Waals surface area (Å²) < 4.78 is 58.9. The molecule has 1 amide bonds. The Morgan fingerprint density at radius 1 is 0.971 bits per heavy atom. The molecular formula is C25H16F3NO5. The van der Waals surface area contributed by atoms with E-state index in [9.17, 15) is 22.8 Å². The lowest BCUT2D eigenvalue weighted by Gasteiger charge is -2.19. The molecular weight excluding hydrogens is 451 g/mol. The number of hydrogen-bond donors (Lipinski definition) is 1. The first-order valence-corrected chi connectivity index (χ1v) is 10.2. The molecule has 3 aromatic carbocycles. The van der Waals surface area contributed by atoms with E-state index in [1.165, 1.54) is 13.2 Å². The molecule has 34 heavy (non-hydrogen) atoms. The summed E-state index contributed by atoms with van der Waals surface area (Å²) in [5, 5.41) is 3.02. The average molecular weight is 467 g/mol. The van der Waals surface area contributed by atoms with Gasteiger partial charge in [-0.05, 0) is 42.5 Å². The Labute approximate surface area is 190 Å². The fourth-order valence-electron chi connectivity index (χ4n) is 4.07. The van der Waals surface area contributed by atoms with Crippen LogP contribution in [0.3, 0.4) is 0 Å². The third kappa shape index (κ3) is 3.45. The summed E-state index contributed by atoms with van der Waals surface area (Å²) in [6, 6.07) is 14.6. The van der Waals surface area contributed by atoms with Gasteiger partial charge in [-0.1, -0.05) is 18.2 Å². The first kappa shape index (κ1) is 21.6. The van der Waals surface area contributed by atoms with Crippen molar-refractivity contribution in [2.45, 2.75) is 12.0 Å². The molecule has 1 aromatic heterocycles. The van der Waals surface area contributed by atoms with Crippen LogP contribution in [-0.4, -0.2) is 19.1 Å². The second-order valence-electron chi connectivity index (χ2n) is 7.63. The highest BCUT2D eigenvalue weighted by Gasteiger charge is 2.45. The topological polar surface area (TPSA) is 77.8 Å². The fourth-order valence-corrected chi connectivity index (χ4v) is 4.07. The minimum Gasteiger partial charge on any atom is -0.497 e. The van der Waals surface area contributed by atoms with Crippen LogP contribution >= 0.6 is 0 Å². The van der Waals surface area contributed by atoms with E-state index in [2.05, 4.69) is 5.32 Å². The van der Waals surface area contributed by atoms with Crippen LogP contribution in [0.4, 0.5) is 18.9 Å². The molecule has 172 valence electrons. The lowest BCUT2D eigenvalue weighted by molar-refractivity contribution is -0.122. The van der Waals surface area contributed by atoms with Crippen LogP contribution in [-0.2, 0) is 4.79 Å². The highest BCUT2D eigenvalue weighted by molar-refractivity contribution is 5.97. The molecule has 1 N–H and O–H groups in total. The smallest absolute Gasteiger partial charge is 0.344 e. The number of anilines is 1. The van der Waals surface area contributed by atoms with Crippen molar-refractivity contribution < 1.29 is 31.9 Å². The van der Waals surface area contributed by atoms with Gasteiger partial charge in [-0.3, -0.25) is 4.79 Å². The largest absolute Gasteiger partial charge is 0.497 e. The SMILES string of the molecule is COc1ccc(NC(=O)[C@H]2Oc3c(c(=O)oc4ccccc34)[C@H]2c2ccc(F)c(F)c2F)cc1. The molecule has 0 aliphatic carbocycles. The van der Waals surface area contributed by atoms with Gasteiger partial charge in [0.05, 0.1) is 24.0 Å². The molecule has 0 bridgehead atoms. The monoisotopic (exact) mass is 467 g/mol. The third-order valence-corrected chi connectivity index (χ3v) is 5.67. The highest BCUT2D eigenvalue weighted by Crippen LogP contribution is 2.45. The maximum absolute atomic E-state index is 14.9. The molecule has 0 fully saturated rings. The quantitative estimate of drug-likeness (QED) is 0.346. The van der Waals surface area contributed by atoms with Crippen molar-refractivity contribution >= 4 is 22.6 Å². The molecule has 0 saturated carbocycles. The van der Waals surface area contributed by atoms with Crippen molar-refractivity contribution in [2.75, 3.05) is 12.4 Å². The number of rotatable bonds is 4. The molecule has 1 aliphatic heterocycles. The number of halogens is 3. The first-order chi connectivity index (χ1) is 16.4. The van der Waals surface area contributed by atoms with Gasteiger partial charge >= 0.3 is 5.63 Å². The molecule has 0 radical (unpaired) electrons. The number of hydrogen-bond acceptors (Lipinski definition) is 5. The summed E-state index contributed by atoms with van der Waals surface area (Å²) in [4.78, 5) is 26.1. The van der Waals surface area contributed by atoms with Crippen molar-refractivity contribution in [1.82, 2.24) is 0 Å². The van der Waals surface area contributed by atoms with E-state index in [0.29, 0.717) is 16.8 Å². The number of methoxy groups -OCH3 is 1. The summed E-state index contributed by atoms with van der Waals surface area (Å²) in [5.74, 6) is -6.15. The zero-order valence-electron chi connectivity index (χ0n) is 17.6. The van der Waals surface area contributed by atoms with Crippen molar-refractivity contribution in [3.05, 3.63) is 99.7 Å². The Kier molecular flexibility index (Phi) is 5.24. The average Bonchev–Trinajstić information content (AvgIpc) is 3.25. The second kappa shape index (κ2) is 8.26. The molecule has 9 heteroatoms. The van der Waals surface area contributed by atoms with Crippen LogP contribution in [0, 0.1) is 17.5 Å². The van der Waals surface area contributed by atoms with Crippen LogP contribution in [0.25, 0.3) is 11.0 Å². The van der Waals surface area contributed by atoms with Gasteiger partial charge in [0, 0.05) is 11.3 Å². The van der Waals surface area contributed by atoms with Gasteiger partial charge in [-0.2, -0.15) is 0 Å². The van der Waals surface area contributed by atoms with Gasteiger partial charge in [0.1, 0.15) is 17.1 Å². The predicted molar refractivity (Wildman–Crippen MR) is 117 cm³/mol. The number of benzene rings is 3. The van der Waals surface area contributed by atoms with Gasteiger partial charge in [-0.25, -0.2) is 18.0 Å². The van der Waals surface area contributed by atoms with Crippen molar-refractivity contribution in [2.24, 2.45) is 0 Å². The van der Waals surface area contributed by atoms with Gasteiger partial charge in [0.2, 0.25) is 0 Å². The standard InChI is InChI=1S/C25H16F3NO5/c1-32-13-8-6-12(7-9-13)29-24(30)23-18(15-10-11-16(26)21(28)20(15)27)19-22(34-23)14-4-2-3-5-17(14)33-25(19)31/h2-11,18,23H,1H3,(H,29,30)/t18-,23+/m1/s1. The lowest BCUT2D eigenvalue weighted by Crippen LogP contribution is -2.36. The van der Waals surface area contributed by atoms with Gasteiger partial charge in [0.25, 0.3) is 5.91 Å². The van der Waals surface area contributed by atoms with Crippen LogP contribution in [0.5, 0.6) is 11.5 Å². The van der Waals surface area contributed by atoms with Crippen molar-refractivity contribution in [3.8, 4) is 11.5 Å². The Morgan fingerprint density at radius 3 is 2.44 bits per heavy atom. The predicted octanol–water partition coefficient (Wildman–Crippen LogP) is 4.75. The van der Waals surface area contributed by atoms with E-state index in [0.717, 1.165) is 12.1 Å². The summed E-state index contributed by atoms with van der Waals surface area (Å²) >= 11 is 0. The summed E-state index contributed by atoms with van der Waals surface area (Å²) in [6.45, 7) is 0. The zero-order chi connectivity index (χ0) is 24.0. The van der Waals surface area contributed by atoms with Gasteiger partial charge < -0.3 is 19.2 Å². The Bertz CT molecular complexity index is 1480. The number of carbonyl (C=O) groups excluding carboxylic acids is 1. The number of para-hydroxylation sites is 1. The molecule has 6 nitrogen and oxygen atoms in total. The Hall–Kier alpha value is -4.27. The first-order valence-electron chi connectivity index (χ1n) is 10.2. The van der Waals surface area contributed by atoms with E-state index in [1.807, 2.05) is 0 Å². The van der Waals surface area contributed by atoms with Gasteiger partial charge in [0.15, 0.2) is 23.6 Å². The zero-order valence-corrected chi connectivity index (χ0v) is 17.6. The van der Waals surface area contributed by atoms with E-state index in [1.54, 1.807) is 42.5 Å². The van der Waals surface area contributed by atoms with E-state index < -0.39 is 46.6 Å².